The van der Waals surface area contributed by atoms with E-state index in [1.807, 2.05) is 0 Å². The summed E-state index contributed by atoms with van der Waals surface area (Å²) in [5.41, 5.74) is 0. The number of hydrogen-bond donors (Lipinski definition) is 1. The van der Waals surface area contributed by atoms with Gasteiger partial charge in [0.15, 0.2) is 0 Å². The third-order valence-corrected chi connectivity index (χ3v) is 3.68. The molecule has 0 saturated heterocycles. The van der Waals surface area contributed by atoms with Gasteiger partial charge in [-0.25, -0.2) is 16.8 Å². The quantitative estimate of drug-likeness (QED) is 0.466. The minimum atomic E-state index is -4.88. The summed E-state index contributed by atoms with van der Waals surface area (Å²) in [6, 6.07) is 0. The second kappa shape index (κ2) is 4.08. The summed E-state index contributed by atoms with van der Waals surface area (Å²) >= 11 is 0. The Morgan fingerprint density at radius 1 is 1.00 bits per heavy atom. The van der Waals surface area contributed by atoms with Crippen molar-refractivity contribution >= 4 is 20.2 Å². The molecule has 0 aliphatic rings. The van der Waals surface area contributed by atoms with Crippen LogP contribution in [0.3, 0.4) is 0 Å². The number of hydroxylamine groups is 2. The first kappa shape index (κ1) is 13.7. The Labute approximate surface area is 81.6 Å². The molecule has 0 aliphatic heterocycles. The summed E-state index contributed by atoms with van der Waals surface area (Å²) in [7, 11) is -9.77. The fourth-order valence-electron chi connectivity index (χ4n) is 0.560. The second-order valence-corrected chi connectivity index (χ2v) is 5.90. The Hall–Kier alpha value is -0.260. The smallest absolute Gasteiger partial charge is 0.123 e. The largest absolute Gasteiger partial charge is 0.747 e. The zero-order valence-electron chi connectivity index (χ0n) is 7.32. The first-order chi connectivity index (χ1) is 5.98. The molecular formula is C4H9NO7S2-2. The van der Waals surface area contributed by atoms with Crippen molar-refractivity contribution in [3.63, 3.8) is 0 Å². The first-order valence-electron chi connectivity index (χ1n) is 3.34. The van der Waals surface area contributed by atoms with Crippen molar-refractivity contribution in [3.05, 3.63) is 0 Å². The zero-order chi connectivity index (χ0) is 11.7. The van der Waals surface area contributed by atoms with Gasteiger partial charge in [0.25, 0.3) is 0 Å². The van der Waals surface area contributed by atoms with E-state index >= 15 is 0 Å². The first-order valence-corrected chi connectivity index (χ1v) is 6.29. The van der Waals surface area contributed by atoms with Gasteiger partial charge in [-0.2, -0.15) is 5.06 Å². The fraction of sp³-hybridized carbons (Fsp3) is 1.00. The van der Waals surface area contributed by atoms with Crippen LogP contribution < -0.4 is 0 Å². The average molecular weight is 247 g/mol. The molecule has 0 saturated carbocycles. The van der Waals surface area contributed by atoms with Gasteiger partial charge in [0.05, 0.1) is 0 Å². The van der Waals surface area contributed by atoms with E-state index in [1.165, 1.54) is 0 Å². The summed E-state index contributed by atoms with van der Waals surface area (Å²) in [6.45, 7) is 1.54. The molecule has 0 amide bonds. The SMILES string of the molecule is CC(N(O)C(C)S(=O)(=O)[O-])S(=O)(=O)[O-]. The highest BCUT2D eigenvalue weighted by atomic mass is 32.2. The van der Waals surface area contributed by atoms with Crippen molar-refractivity contribution in [1.82, 2.24) is 5.06 Å². The predicted molar refractivity (Wildman–Crippen MR) is 41.9 cm³/mol. The third-order valence-electron chi connectivity index (χ3n) is 1.58. The molecule has 2 unspecified atom stereocenters. The minimum absolute atomic E-state index is 0.301. The van der Waals surface area contributed by atoms with Gasteiger partial charge in [-0.05, 0) is 13.8 Å². The molecule has 0 aromatic rings. The summed E-state index contributed by atoms with van der Waals surface area (Å²) in [6.07, 6.45) is 0. The van der Waals surface area contributed by atoms with Crippen LogP contribution in [-0.4, -0.2) is 47.0 Å². The van der Waals surface area contributed by atoms with Gasteiger partial charge in [0, 0.05) is 0 Å². The summed E-state index contributed by atoms with van der Waals surface area (Å²) < 4.78 is 62.1. The summed E-state index contributed by atoms with van der Waals surface area (Å²) in [4.78, 5) is 0. The van der Waals surface area contributed by atoms with Crippen LogP contribution in [0.25, 0.3) is 0 Å². The topological polar surface area (TPSA) is 138 Å². The van der Waals surface area contributed by atoms with Gasteiger partial charge in [0.1, 0.15) is 31.0 Å². The van der Waals surface area contributed by atoms with Crippen LogP contribution in [-0.2, 0) is 20.2 Å². The molecule has 10 heteroatoms. The van der Waals surface area contributed by atoms with E-state index in [4.69, 9.17) is 5.21 Å². The van der Waals surface area contributed by atoms with E-state index < -0.39 is 31.0 Å². The highest BCUT2D eigenvalue weighted by Gasteiger charge is 2.26. The normalized spacial score (nSPS) is 18.1. The predicted octanol–water partition coefficient (Wildman–Crippen LogP) is -1.54. The van der Waals surface area contributed by atoms with Crippen molar-refractivity contribution in [1.29, 1.82) is 0 Å². The highest BCUT2D eigenvalue weighted by molar-refractivity contribution is 7.87. The monoisotopic (exact) mass is 247 g/mol. The molecule has 1 N–H and O–H groups in total. The molecular weight excluding hydrogens is 238 g/mol. The molecule has 0 fully saturated rings. The van der Waals surface area contributed by atoms with Crippen LogP contribution in [0.5, 0.6) is 0 Å². The fourth-order valence-corrected chi connectivity index (χ4v) is 1.53. The Morgan fingerprint density at radius 2 is 1.21 bits per heavy atom. The van der Waals surface area contributed by atoms with Gasteiger partial charge in [-0.1, -0.05) is 0 Å². The standard InChI is InChI=1S/C4H11NO7S2/c1-3(13(7,8)9)5(6)4(2)14(10,11)12/h3-4,6H,1-2H3,(H,7,8,9)(H,10,11,12)/p-2. The number of hydrogen-bond acceptors (Lipinski definition) is 8. The van der Waals surface area contributed by atoms with Gasteiger partial charge >= 0.3 is 0 Å². The molecule has 8 nitrogen and oxygen atoms in total. The molecule has 0 aromatic carbocycles. The van der Waals surface area contributed by atoms with Crippen molar-refractivity contribution < 1.29 is 31.1 Å². The van der Waals surface area contributed by atoms with Crippen molar-refractivity contribution in [3.8, 4) is 0 Å². The molecule has 0 aliphatic carbocycles. The molecule has 0 bridgehead atoms. The molecule has 14 heavy (non-hydrogen) atoms. The maximum absolute atomic E-state index is 10.4. The molecule has 0 rings (SSSR count). The van der Waals surface area contributed by atoms with Gasteiger partial charge in [-0.15, -0.1) is 0 Å². The number of rotatable bonds is 4. The van der Waals surface area contributed by atoms with Crippen molar-refractivity contribution in [2.24, 2.45) is 0 Å². The van der Waals surface area contributed by atoms with E-state index in [-0.39, 0.29) is 5.06 Å². The second-order valence-electron chi connectivity index (χ2n) is 2.56. The lowest BCUT2D eigenvalue weighted by Crippen LogP contribution is -2.45. The maximum Gasteiger partial charge on any atom is 0.123 e. The molecule has 0 heterocycles. The zero-order valence-corrected chi connectivity index (χ0v) is 8.95. The summed E-state index contributed by atoms with van der Waals surface area (Å²) in [5.74, 6) is 0. The van der Waals surface area contributed by atoms with Crippen LogP contribution in [0.15, 0.2) is 0 Å². The van der Waals surface area contributed by atoms with E-state index in [1.54, 1.807) is 0 Å². The van der Waals surface area contributed by atoms with Crippen LogP contribution in [0.1, 0.15) is 13.8 Å². The van der Waals surface area contributed by atoms with E-state index in [2.05, 4.69) is 0 Å². The molecule has 2 atom stereocenters. The molecule has 0 spiro atoms. The van der Waals surface area contributed by atoms with Crippen LogP contribution in [0, 0.1) is 0 Å². The van der Waals surface area contributed by atoms with Crippen LogP contribution in [0.4, 0.5) is 0 Å². The van der Waals surface area contributed by atoms with Crippen molar-refractivity contribution in [2.45, 2.75) is 24.6 Å². The minimum Gasteiger partial charge on any atom is -0.747 e. The molecule has 0 radical (unpaired) electrons. The van der Waals surface area contributed by atoms with Gasteiger partial charge < -0.3 is 14.3 Å². The van der Waals surface area contributed by atoms with Crippen LogP contribution >= 0.6 is 0 Å². The highest BCUT2D eigenvalue weighted by Crippen LogP contribution is 2.10. The molecule has 86 valence electrons. The lowest BCUT2D eigenvalue weighted by Gasteiger charge is -2.30. The van der Waals surface area contributed by atoms with E-state index in [9.17, 15) is 25.9 Å². The number of nitrogens with zero attached hydrogens (tertiary/aromatic N) is 1. The van der Waals surface area contributed by atoms with E-state index in [0.29, 0.717) is 0 Å². The third kappa shape index (κ3) is 3.48. The lowest BCUT2D eigenvalue weighted by atomic mass is 10.6. The molecule has 0 aromatic heterocycles. The summed E-state index contributed by atoms with van der Waals surface area (Å²) in [5, 5.41) is 4.63. The Bertz CT molecular complexity index is 346. The average Bonchev–Trinajstić information content (AvgIpc) is 1.97. The van der Waals surface area contributed by atoms with Crippen LogP contribution in [0.2, 0.25) is 0 Å². The Morgan fingerprint density at radius 3 is 1.36 bits per heavy atom. The van der Waals surface area contributed by atoms with Crippen molar-refractivity contribution in [2.75, 3.05) is 0 Å². The van der Waals surface area contributed by atoms with Gasteiger partial charge in [0.2, 0.25) is 0 Å². The van der Waals surface area contributed by atoms with E-state index in [0.717, 1.165) is 13.8 Å². The Kier molecular flexibility index (Phi) is 4.01. The lowest BCUT2D eigenvalue weighted by molar-refractivity contribution is -0.111. The van der Waals surface area contributed by atoms with Gasteiger partial charge in [-0.3, -0.25) is 0 Å². The maximum atomic E-state index is 10.4. The Balaban J connectivity index is 4.91.